The number of nitrogens with one attached hydrogen (secondary N) is 1. The van der Waals surface area contributed by atoms with Crippen molar-refractivity contribution in [3.8, 4) is 0 Å². The van der Waals surface area contributed by atoms with E-state index in [1.165, 1.54) is 11.1 Å². The Morgan fingerprint density at radius 1 is 0.903 bits per heavy atom. The van der Waals surface area contributed by atoms with Crippen LogP contribution >= 0.6 is 0 Å². The molecule has 0 aliphatic rings. The first-order valence-electron chi connectivity index (χ1n) is 11.5. The van der Waals surface area contributed by atoms with E-state index in [-0.39, 0.29) is 11.8 Å². The molecule has 1 N–H and O–H groups in total. The summed E-state index contributed by atoms with van der Waals surface area (Å²) in [5.74, 6) is 0.324. The first-order chi connectivity index (χ1) is 14.8. The number of rotatable bonds is 11. The molecule has 0 heterocycles. The molecule has 2 aromatic carbocycles. The SMILES string of the molecule is CCc1ccc(CCC(=O)N(Cc2ccc(C)cc2)C(CC)C(=O)NCC(C)C)cc1. The van der Waals surface area contributed by atoms with Gasteiger partial charge < -0.3 is 10.2 Å². The number of aryl methyl sites for hydroxylation is 3. The molecule has 4 heteroatoms. The fourth-order valence-electron chi connectivity index (χ4n) is 3.57. The fourth-order valence-corrected chi connectivity index (χ4v) is 3.57. The van der Waals surface area contributed by atoms with Crippen molar-refractivity contribution in [3.05, 3.63) is 70.8 Å². The van der Waals surface area contributed by atoms with Gasteiger partial charge in [0, 0.05) is 19.5 Å². The Bertz CT molecular complexity index is 825. The number of amides is 2. The van der Waals surface area contributed by atoms with Gasteiger partial charge in [-0.2, -0.15) is 0 Å². The predicted molar refractivity (Wildman–Crippen MR) is 128 cm³/mol. The highest BCUT2D eigenvalue weighted by molar-refractivity contribution is 5.87. The van der Waals surface area contributed by atoms with E-state index in [0.717, 1.165) is 17.5 Å². The third-order valence-electron chi connectivity index (χ3n) is 5.60. The molecular formula is C27H38N2O2. The van der Waals surface area contributed by atoms with Crippen molar-refractivity contribution < 1.29 is 9.59 Å². The van der Waals surface area contributed by atoms with E-state index >= 15 is 0 Å². The highest BCUT2D eigenvalue weighted by Gasteiger charge is 2.28. The zero-order valence-electron chi connectivity index (χ0n) is 19.8. The second-order valence-corrected chi connectivity index (χ2v) is 8.74. The molecule has 2 rings (SSSR count). The van der Waals surface area contributed by atoms with Gasteiger partial charge in [-0.25, -0.2) is 0 Å². The largest absolute Gasteiger partial charge is 0.354 e. The van der Waals surface area contributed by atoms with E-state index in [1.54, 1.807) is 4.90 Å². The topological polar surface area (TPSA) is 49.4 Å². The van der Waals surface area contributed by atoms with Gasteiger partial charge >= 0.3 is 0 Å². The van der Waals surface area contributed by atoms with E-state index in [9.17, 15) is 9.59 Å². The average Bonchev–Trinajstić information content (AvgIpc) is 2.77. The van der Waals surface area contributed by atoms with Gasteiger partial charge in [-0.15, -0.1) is 0 Å². The van der Waals surface area contributed by atoms with Crippen molar-refractivity contribution in [2.75, 3.05) is 6.54 Å². The quantitative estimate of drug-likeness (QED) is 0.550. The highest BCUT2D eigenvalue weighted by Crippen LogP contribution is 2.16. The second kappa shape index (κ2) is 12.3. The summed E-state index contributed by atoms with van der Waals surface area (Å²) < 4.78 is 0. The Morgan fingerprint density at radius 2 is 1.48 bits per heavy atom. The standard InChI is InChI=1S/C27H38N2O2/c1-6-22-12-14-23(15-13-22)16-17-26(30)29(19-24-10-8-21(5)9-11-24)25(7-2)27(31)28-18-20(3)4/h8-15,20,25H,6-7,16-19H2,1-5H3,(H,28,31). The van der Waals surface area contributed by atoms with E-state index in [2.05, 4.69) is 50.4 Å². The molecular weight excluding hydrogens is 384 g/mol. The van der Waals surface area contributed by atoms with E-state index < -0.39 is 6.04 Å². The van der Waals surface area contributed by atoms with Crippen LogP contribution in [0.15, 0.2) is 48.5 Å². The molecule has 31 heavy (non-hydrogen) atoms. The fraction of sp³-hybridized carbons (Fsp3) is 0.481. The maximum Gasteiger partial charge on any atom is 0.242 e. The van der Waals surface area contributed by atoms with Gasteiger partial charge in [-0.1, -0.05) is 81.8 Å². The van der Waals surface area contributed by atoms with Gasteiger partial charge in [0.1, 0.15) is 6.04 Å². The Hall–Kier alpha value is -2.62. The molecule has 1 atom stereocenters. The minimum Gasteiger partial charge on any atom is -0.354 e. The molecule has 0 saturated carbocycles. The minimum absolute atomic E-state index is 0.0201. The van der Waals surface area contributed by atoms with Crippen molar-refractivity contribution in [2.45, 2.75) is 72.9 Å². The molecule has 2 aromatic rings. The number of hydrogen-bond donors (Lipinski definition) is 1. The molecule has 0 fully saturated rings. The summed E-state index contributed by atoms with van der Waals surface area (Å²) in [6.07, 6.45) is 2.67. The summed E-state index contributed by atoms with van der Waals surface area (Å²) in [6, 6.07) is 16.2. The first-order valence-corrected chi connectivity index (χ1v) is 11.5. The van der Waals surface area contributed by atoms with Crippen LogP contribution in [0.4, 0.5) is 0 Å². The number of carbonyl (C=O) groups is 2. The molecule has 1 unspecified atom stereocenters. The minimum atomic E-state index is -0.463. The molecule has 0 aliphatic heterocycles. The maximum absolute atomic E-state index is 13.3. The number of benzene rings is 2. The maximum atomic E-state index is 13.3. The molecule has 0 spiro atoms. The first kappa shape index (κ1) is 24.6. The second-order valence-electron chi connectivity index (χ2n) is 8.74. The van der Waals surface area contributed by atoms with E-state index in [4.69, 9.17) is 0 Å². The molecule has 168 valence electrons. The van der Waals surface area contributed by atoms with Gasteiger partial charge in [-0.3, -0.25) is 9.59 Å². The van der Waals surface area contributed by atoms with Gasteiger partial charge in [0.25, 0.3) is 0 Å². The Labute approximate surface area is 188 Å². The number of carbonyl (C=O) groups excluding carboxylic acids is 2. The number of nitrogens with zero attached hydrogens (tertiary/aromatic N) is 1. The van der Waals surface area contributed by atoms with Crippen LogP contribution in [0.1, 0.15) is 62.8 Å². The van der Waals surface area contributed by atoms with Crippen LogP contribution in [-0.4, -0.2) is 29.3 Å². The molecule has 0 aliphatic carbocycles. The van der Waals surface area contributed by atoms with Crippen molar-refractivity contribution in [2.24, 2.45) is 5.92 Å². The predicted octanol–water partition coefficient (Wildman–Crippen LogP) is 5.07. The highest BCUT2D eigenvalue weighted by atomic mass is 16.2. The summed E-state index contributed by atoms with van der Waals surface area (Å²) in [7, 11) is 0. The van der Waals surface area contributed by atoms with Gasteiger partial charge in [0.05, 0.1) is 0 Å². The number of hydrogen-bond acceptors (Lipinski definition) is 2. The zero-order valence-corrected chi connectivity index (χ0v) is 19.8. The van der Waals surface area contributed by atoms with E-state index in [1.807, 2.05) is 38.1 Å². The Morgan fingerprint density at radius 3 is 2.03 bits per heavy atom. The molecule has 0 aromatic heterocycles. The average molecular weight is 423 g/mol. The normalized spacial score (nSPS) is 11.9. The summed E-state index contributed by atoms with van der Waals surface area (Å²) in [6.45, 7) is 11.4. The molecule has 4 nitrogen and oxygen atoms in total. The molecule has 0 bridgehead atoms. The molecule has 2 amide bonds. The van der Waals surface area contributed by atoms with Crippen LogP contribution in [0.3, 0.4) is 0 Å². The monoisotopic (exact) mass is 422 g/mol. The van der Waals surface area contributed by atoms with Crippen molar-refractivity contribution in [3.63, 3.8) is 0 Å². The van der Waals surface area contributed by atoms with Crippen LogP contribution in [0, 0.1) is 12.8 Å². The Kier molecular flexibility index (Phi) is 9.77. The molecule has 0 radical (unpaired) electrons. The van der Waals surface area contributed by atoms with Crippen molar-refractivity contribution >= 4 is 11.8 Å². The smallest absolute Gasteiger partial charge is 0.242 e. The third kappa shape index (κ3) is 7.86. The van der Waals surface area contributed by atoms with Crippen LogP contribution in [0.2, 0.25) is 0 Å². The third-order valence-corrected chi connectivity index (χ3v) is 5.60. The van der Waals surface area contributed by atoms with Crippen LogP contribution in [0.25, 0.3) is 0 Å². The summed E-state index contributed by atoms with van der Waals surface area (Å²) >= 11 is 0. The lowest BCUT2D eigenvalue weighted by molar-refractivity contribution is -0.141. The zero-order chi connectivity index (χ0) is 22.8. The van der Waals surface area contributed by atoms with Crippen molar-refractivity contribution in [1.82, 2.24) is 10.2 Å². The summed E-state index contributed by atoms with van der Waals surface area (Å²) in [5.41, 5.74) is 4.67. The van der Waals surface area contributed by atoms with Crippen LogP contribution in [-0.2, 0) is 29.0 Å². The molecule has 0 saturated heterocycles. The lowest BCUT2D eigenvalue weighted by Crippen LogP contribution is -2.49. The lowest BCUT2D eigenvalue weighted by atomic mass is 10.0. The van der Waals surface area contributed by atoms with Gasteiger partial charge in [0.15, 0.2) is 0 Å². The van der Waals surface area contributed by atoms with Crippen LogP contribution < -0.4 is 5.32 Å². The van der Waals surface area contributed by atoms with Crippen LogP contribution in [0.5, 0.6) is 0 Å². The lowest BCUT2D eigenvalue weighted by Gasteiger charge is -2.31. The summed E-state index contributed by atoms with van der Waals surface area (Å²) in [5, 5.41) is 3.02. The summed E-state index contributed by atoms with van der Waals surface area (Å²) in [4.78, 5) is 28.0. The van der Waals surface area contributed by atoms with E-state index in [0.29, 0.717) is 38.3 Å². The Balaban J connectivity index is 2.16. The van der Waals surface area contributed by atoms with Gasteiger partial charge in [-0.05, 0) is 48.8 Å². The van der Waals surface area contributed by atoms with Gasteiger partial charge in [0.2, 0.25) is 11.8 Å². The van der Waals surface area contributed by atoms with Crippen molar-refractivity contribution in [1.29, 1.82) is 0 Å².